The van der Waals surface area contributed by atoms with Gasteiger partial charge in [0, 0.05) is 0 Å². The van der Waals surface area contributed by atoms with Crippen LogP contribution in [-0.4, -0.2) is 18.9 Å². The number of para-hydroxylation sites is 1. The number of ether oxygens (including phenoxy) is 1. The number of hydrogen-bond donors (Lipinski definition) is 2. The highest BCUT2D eigenvalue weighted by Gasteiger charge is 2.15. The first kappa shape index (κ1) is 15.4. The van der Waals surface area contributed by atoms with Gasteiger partial charge in [-0.3, -0.25) is 20.4 Å². The molecular weight excluding hydrogens is 294 g/mol. The number of benzene rings is 2. The molecule has 0 unspecified atom stereocenters. The van der Waals surface area contributed by atoms with Crippen LogP contribution < -0.4 is 15.6 Å². The molecule has 0 aromatic heterocycles. The third-order valence-electron chi connectivity index (χ3n) is 2.81. The van der Waals surface area contributed by atoms with E-state index < -0.39 is 29.0 Å². The van der Waals surface area contributed by atoms with Gasteiger partial charge in [0.1, 0.15) is 17.4 Å². The molecule has 5 nitrogen and oxygen atoms in total. The van der Waals surface area contributed by atoms with Crippen molar-refractivity contribution < 1.29 is 23.1 Å². The molecule has 2 aromatic carbocycles. The molecule has 0 radical (unpaired) electrons. The Hall–Kier alpha value is -2.96. The molecule has 0 saturated heterocycles. The third-order valence-corrected chi connectivity index (χ3v) is 2.81. The number of carbonyl (C=O) groups excluding carboxylic acids is 2. The summed E-state index contributed by atoms with van der Waals surface area (Å²) in [6.07, 6.45) is 0. The summed E-state index contributed by atoms with van der Waals surface area (Å²) < 4.78 is 31.5. The van der Waals surface area contributed by atoms with Crippen molar-refractivity contribution in [2.45, 2.75) is 0 Å². The number of hydrogen-bond acceptors (Lipinski definition) is 3. The van der Waals surface area contributed by atoms with E-state index in [2.05, 4.69) is 5.43 Å². The molecular formula is C15H12F2N2O3. The SMILES string of the molecule is COc1ccccc1C(=O)NNC(=O)c1cc(F)ccc1F. The fourth-order valence-corrected chi connectivity index (χ4v) is 1.75. The fourth-order valence-electron chi connectivity index (χ4n) is 1.75. The zero-order valence-corrected chi connectivity index (χ0v) is 11.5. The van der Waals surface area contributed by atoms with Gasteiger partial charge in [-0.2, -0.15) is 0 Å². The third kappa shape index (κ3) is 3.38. The molecule has 0 aliphatic heterocycles. The number of amides is 2. The van der Waals surface area contributed by atoms with E-state index in [9.17, 15) is 18.4 Å². The van der Waals surface area contributed by atoms with Crippen LogP contribution in [0.1, 0.15) is 20.7 Å². The Labute approximate surface area is 124 Å². The van der Waals surface area contributed by atoms with E-state index in [1.54, 1.807) is 18.2 Å². The Morgan fingerprint density at radius 1 is 0.955 bits per heavy atom. The van der Waals surface area contributed by atoms with E-state index in [4.69, 9.17) is 4.74 Å². The lowest BCUT2D eigenvalue weighted by atomic mass is 10.2. The van der Waals surface area contributed by atoms with Gasteiger partial charge in [0.25, 0.3) is 11.8 Å². The van der Waals surface area contributed by atoms with Gasteiger partial charge < -0.3 is 4.74 Å². The van der Waals surface area contributed by atoms with Crippen molar-refractivity contribution in [2.24, 2.45) is 0 Å². The van der Waals surface area contributed by atoms with Crippen molar-refractivity contribution in [2.75, 3.05) is 7.11 Å². The summed E-state index contributed by atoms with van der Waals surface area (Å²) in [4.78, 5) is 23.7. The van der Waals surface area contributed by atoms with Gasteiger partial charge in [0.15, 0.2) is 0 Å². The molecule has 2 aromatic rings. The standard InChI is InChI=1S/C15H12F2N2O3/c1-22-13-5-3-2-4-10(13)14(20)18-19-15(21)11-8-9(16)6-7-12(11)17/h2-8H,1H3,(H,18,20)(H,19,21). The van der Waals surface area contributed by atoms with Gasteiger partial charge in [-0.15, -0.1) is 0 Å². The Morgan fingerprint density at radius 2 is 1.59 bits per heavy atom. The second-order valence-corrected chi connectivity index (χ2v) is 4.23. The van der Waals surface area contributed by atoms with Crippen molar-refractivity contribution >= 4 is 11.8 Å². The number of nitrogens with one attached hydrogen (secondary N) is 2. The van der Waals surface area contributed by atoms with Gasteiger partial charge in [-0.25, -0.2) is 8.78 Å². The second-order valence-electron chi connectivity index (χ2n) is 4.23. The molecule has 0 saturated carbocycles. The molecule has 0 bridgehead atoms. The average Bonchev–Trinajstić information content (AvgIpc) is 2.54. The zero-order chi connectivity index (χ0) is 16.1. The first-order chi connectivity index (χ1) is 10.5. The topological polar surface area (TPSA) is 67.4 Å². The van der Waals surface area contributed by atoms with Crippen LogP contribution in [0.4, 0.5) is 8.78 Å². The molecule has 0 fully saturated rings. The molecule has 22 heavy (non-hydrogen) atoms. The summed E-state index contributed by atoms with van der Waals surface area (Å²) in [5.41, 5.74) is 3.80. The van der Waals surface area contributed by atoms with Crippen LogP contribution in [0.5, 0.6) is 5.75 Å². The highest BCUT2D eigenvalue weighted by molar-refractivity contribution is 6.00. The summed E-state index contributed by atoms with van der Waals surface area (Å²) >= 11 is 0. The van der Waals surface area contributed by atoms with Crippen molar-refractivity contribution in [1.29, 1.82) is 0 Å². The van der Waals surface area contributed by atoms with Crippen LogP contribution in [0, 0.1) is 11.6 Å². The van der Waals surface area contributed by atoms with Crippen LogP contribution >= 0.6 is 0 Å². The lowest BCUT2D eigenvalue weighted by molar-refractivity contribution is 0.0842. The zero-order valence-electron chi connectivity index (χ0n) is 11.5. The van der Waals surface area contributed by atoms with E-state index in [1.165, 1.54) is 13.2 Å². The van der Waals surface area contributed by atoms with Gasteiger partial charge in [0.05, 0.1) is 18.2 Å². The molecule has 2 N–H and O–H groups in total. The first-order valence-corrected chi connectivity index (χ1v) is 6.21. The van der Waals surface area contributed by atoms with Crippen LogP contribution in [-0.2, 0) is 0 Å². The maximum Gasteiger partial charge on any atom is 0.273 e. The lowest BCUT2D eigenvalue weighted by Gasteiger charge is -2.10. The van der Waals surface area contributed by atoms with E-state index in [1.807, 2.05) is 5.43 Å². The van der Waals surface area contributed by atoms with E-state index in [-0.39, 0.29) is 5.56 Å². The van der Waals surface area contributed by atoms with Crippen molar-refractivity contribution in [3.05, 3.63) is 65.2 Å². The number of rotatable bonds is 3. The molecule has 2 amide bonds. The summed E-state index contributed by atoms with van der Waals surface area (Å²) in [5.74, 6) is -2.97. The number of halogens is 2. The molecule has 7 heteroatoms. The highest BCUT2D eigenvalue weighted by atomic mass is 19.1. The maximum absolute atomic E-state index is 13.4. The minimum Gasteiger partial charge on any atom is -0.496 e. The first-order valence-electron chi connectivity index (χ1n) is 6.21. The largest absolute Gasteiger partial charge is 0.496 e. The summed E-state index contributed by atoms with van der Waals surface area (Å²) in [6.45, 7) is 0. The average molecular weight is 306 g/mol. The maximum atomic E-state index is 13.4. The van der Waals surface area contributed by atoms with Gasteiger partial charge in [0.2, 0.25) is 0 Å². The normalized spacial score (nSPS) is 9.95. The van der Waals surface area contributed by atoms with Crippen LogP contribution in [0.25, 0.3) is 0 Å². The molecule has 0 spiro atoms. The molecule has 0 aliphatic rings. The minimum absolute atomic E-state index is 0.185. The van der Waals surface area contributed by atoms with Crippen LogP contribution in [0.15, 0.2) is 42.5 Å². The van der Waals surface area contributed by atoms with Gasteiger partial charge >= 0.3 is 0 Å². The number of hydrazine groups is 1. The van der Waals surface area contributed by atoms with E-state index in [0.717, 1.165) is 18.2 Å². The smallest absolute Gasteiger partial charge is 0.273 e. The van der Waals surface area contributed by atoms with E-state index >= 15 is 0 Å². The molecule has 114 valence electrons. The highest BCUT2D eigenvalue weighted by Crippen LogP contribution is 2.16. The summed E-state index contributed by atoms with van der Waals surface area (Å²) in [5, 5.41) is 0. The van der Waals surface area contributed by atoms with Crippen molar-refractivity contribution in [3.63, 3.8) is 0 Å². The lowest BCUT2D eigenvalue weighted by Crippen LogP contribution is -2.42. The van der Waals surface area contributed by atoms with Crippen LogP contribution in [0.2, 0.25) is 0 Å². The Balaban J connectivity index is 2.08. The van der Waals surface area contributed by atoms with Crippen molar-refractivity contribution in [1.82, 2.24) is 10.9 Å². The predicted molar refractivity (Wildman–Crippen MR) is 74.3 cm³/mol. The Kier molecular flexibility index (Phi) is 4.67. The quantitative estimate of drug-likeness (QED) is 0.853. The molecule has 0 heterocycles. The summed E-state index contributed by atoms with van der Waals surface area (Å²) in [6, 6.07) is 8.81. The molecule has 0 atom stereocenters. The van der Waals surface area contributed by atoms with Crippen molar-refractivity contribution in [3.8, 4) is 5.75 Å². The fraction of sp³-hybridized carbons (Fsp3) is 0.0667. The Bertz CT molecular complexity index is 720. The van der Waals surface area contributed by atoms with Gasteiger partial charge in [-0.05, 0) is 30.3 Å². The predicted octanol–water partition coefficient (Wildman–Crippen LogP) is 2.05. The molecule has 2 rings (SSSR count). The second kappa shape index (κ2) is 6.66. The minimum atomic E-state index is -0.972. The summed E-state index contributed by atoms with van der Waals surface area (Å²) in [7, 11) is 1.40. The Morgan fingerprint density at radius 3 is 2.27 bits per heavy atom. The number of carbonyl (C=O) groups is 2. The molecule has 0 aliphatic carbocycles. The van der Waals surface area contributed by atoms with Gasteiger partial charge in [-0.1, -0.05) is 12.1 Å². The number of methoxy groups -OCH3 is 1. The monoisotopic (exact) mass is 306 g/mol. The van der Waals surface area contributed by atoms with E-state index in [0.29, 0.717) is 5.75 Å². The van der Waals surface area contributed by atoms with Crippen LogP contribution in [0.3, 0.4) is 0 Å².